The molecule has 3 aromatic rings. The van der Waals surface area contributed by atoms with Crippen LogP contribution in [0.15, 0.2) is 42.6 Å². The normalized spacial score (nSPS) is 10.4. The van der Waals surface area contributed by atoms with E-state index in [1.807, 2.05) is 6.07 Å². The molecule has 0 aliphatic heterocycles. The molecule has 3 rings (SSSR count). The molecule has 1 aromatic carbocycles. The zero-order valence-corrected chi connectivity index (χ0v) is 13.1. The molecule has 120 valence electrons. The lowest BCUT2D eigenvalue weighted by Crippen LogP contribution is -2.05. The summed E-state index contributed by atoms with van der Waals surface area (Å²) in [4.78, 5) is 0. The first-order valence-electron chi connectivity index (χ1n) is 7.55. The van der Waals surface area contributed by atoms with Crippen molar-refractivity contribution in [3.05, 3.63) is 59.8 Å². The van der Waals surface area contributed by atoms with E-state index in [-0.39, 0.29) is 11.5 Å². The maximum absolute atomic E-state index is 13.5. The number of rotatable bonds is 5. The van der Waals surface area contributed by atoms with Gasteiger partial charge in [-0.2, -0.15) is 10.4 Å². The van der Waals surface area contributed by atoms with Crippen LogP contribution in [0.1, 0.15) is 24.7 Å². The Bertz CT molecular complexity index is 879. The van der Waals surface area contributed by atoms with E-state index in [1.165, 1.54) is 12.1 Å². The van der Waals surface area contributed by atoms with Gasteiger partial charge in [-0.05, 0) is 36.8 Å². The quantitative estimate of drug-likeness (QED) is 0.779. The monoisotopic (exact) mass is 322 g/mol. The first-order valence-corrected chi connectivity index (χ1v) is 7.55. The molecule has 2 aromatic heterocycles. The SMILES string of the molecule is CCCc1c(Nc2ccc(C#N)nn2)cnn1-c1cccc(F)c1. The third-order valence-electron chi connectivity index (χ3n) is 3.45. The van der Waals surface area contributed by atoms with Gasteiger partial charge in [-0.15, -0.1) is 10.2 Å². The zero-order valence-electron chi connectivity index (χ0n) is 13.1. The Labute approximate surface area is 138 Å². The second-order valence-corrected chi connectivity index (χ2v) is 5.19. The molecule has 0 aliphatic rings. The highest BCUT2D eigenvalue weighted by Crippen LogP contribution is 2.24. The van der Waals surface area contributed by atoms with Crippen LogP contribution in [-0.2, 0) is 6.42 Å². The van der Waals surface area contributed by atoms with Crippen molar-refractivity contribution in [2.45, 2.75) is 19.8 Å². The predicted molar refractivity (Wildman–Crippen MR) is 87.5 cm³/mol. The molecule has 0 atom stereocenters. The van der Waals surface area contributed by atoms with E-state index in [4.69, 9.17) is 5.26 Å². The van der Waals surface area contributed by atoms with E-state index in [2.05, 4.69) is 27.5 Å². The third kappa shape index (κ3) is 3.22. The smallest absolute Gasteiger partial charge is 0.163 e. The average molecular weight is 322 g/mol. The molecule has 0 aliphatic carbocycles. The molecule has 0 unspecified atom stereocenters. The topological polar surface area (TPSA) is 79.4 Å². The van der Waals surface area contributed by atoms with Crippen LogP contribution in [0.2, 0.25) is 0 Å². The fraction of sp³-hybridized carbons (Fsp3) is 0.176. The minimum atomic E-state index is -0.307. The van der Waals surface area contributed by atoms with Crippen LogP contribution >= 0.6 is 0 Å². The highest BCUT2D eigenvalue weighted by molar-refractivity contribution is 5.59. The summed E-state index contributed by atoms with van der Waals surface area (Å²) in [5.74, 6) is 0.211. The standard InChI is InChI=1S/C17H15FN6/c1-2-4-16-15(21-17-8-7-13(10-19)22-23-17)11-20-24(16)14-6-3-5-12(18)9-14/h3,5-9,11H,2,4H2,1H3,(H,21,23). The molecule has 0 bridgehead atoms. The number of benzene rings is 1. The fourth-order valence-electron chi connectivity index (χ4n) is 2.38. The van der Waals surface area contributed by atoms with Gasteiger partial charge in [0.1, 0.15) is 11.9 Å². The van der Waals surface area contributed by atoms with Crippen molar-refractivity contribution in [3.8, 4) is 11.8 Å². The molecule has 2 heterocycles. The minimum Gasteiger partial charge on any atom is -0.336 e. The summed E-state index contributed by atoms with van der Waals surface area (Å²) >= 11 is 0. The first-order chi connectivity index (χ1) is 11.7. The van der Waals surface area contributed by atoms with Gasteiger partial charge in [0.25, 0.3) is 0 Å². The summed E-state index contributed by atoms with van der Waals surface area (Å²) in [7, 11) is 0. The maximum Gasteiger partial charge on any atom is 0.163 e. The number of nitrogens with one attached hydrogen (secondary N) is 1. The maximum atomic E-state index is 13.5. The largest absolute Gasteiger partial charge is 0.336 e. The van der Waals surface area contributed by atoms with Crippen molar-refractivity contribution in [1.82, 2.24) is 20.0 Å². The number of hydrogen-bond acceptors (Lipinski definition) is 5. The first kappa shape index (κ1) is 15.6. The Kier molecular flexibility index (Phi) is 4.47. The fourth-order valence-corrected chi connectivity index (χ4v) is 2.38. The summed E-state index contributed by atoms with van der Waals surface area (Å²) in [6.07, 6.45) is 3.35. The number of anilines is 2. The summed E-state index contributed by atoms with van der Waals surface area (Å²) in [6.45, 7) is 2.06. The highest BCUT2D eigenvalue weighted by Gasteiger charge is 2.13. The van der Waals surface area contributed by atoms with Crippen molar-refractivity contribution in [2.24, 2.45) is 0 Å². The average Bonchev–Trinajstić information content (AvgIpc) is 2.99. The Hall–Kier alpha value is -3.27. The predicted octanol–water partition coefficient (Wildman–Crippen LogP) is 3.37. The highest BCUT2D eigenvalue weighted by atomic mass is 19.1. The molecule has 6 nitrogen and oxygen atoms in total. The molecule has 24 heavy (non-hydrogen) atoms. The Balaban J connectivity index is 1.95. The van der Waals surface area contributed by atoms with E-state index in [0.717, 1.165) is 24.2 Å². The Morgan fingerprint density at radius 2 is 2.12 bits per heavy atom. The van der Waals surface area contributed by atoms with Gasteiger partial charge in [-0.3, -0.25) is 0 Å². The lowest BCUT2D eigenvalue weighted by atomic mass is 10.2. The number of nitriles is 1. The molecule has 7 heteroatoms. The third-order valence-corrected chi connectivity index (χ3v) is 3.45. The molecule has 0 spiro atoms. The van der Waals surface area contributed by atoms with E-state index < -0.39 is 0 Å². The van der Waals surface area contributed by atoms with Gasteiger partial charge in [0.15, 0.2) is 11.5 Å². The van der Waals surface area contributed by atoms with Gasteiger partial charge in [-0.25, -0.2) is 9.07 Å². The van der Waals surface area contributed by atoms with Gasteiger partial charge in [0.05, 0.1) is 23.3 Å². The number of hydrogen-bond donors (Lipinski definition) is 1. The molecular weight excluding hydrogens is 307 g/mol. The van der Waals surface area contributed by atoms with Crippen molar-refractivity contribution < 1.29 is 4.39 Å². The minimum absolute atomic E-state index is 0.254. The van der Waals surface area contributed by atoms with E-state index in [9.17, 15) is 4.39 Å². The molecule has 0 radical (unpaired) electrons. The summed E-state index contributed by atoms with van der Waals surface area (Å²) in [6, 6.07) is 11.5. The van der Waals surface area contributed by atoms with Crippen molar-refractivity contribution in [3.63, 3.8) is 0 Å². The molecule has 0 saturated heterocycles. The lowest BCUT2D eigenvalue weighted by Gasteiger charge is -2.10. The second kappa shape index (κ2) is 6.87. The van der Waals surface area contributed by atoms with Crippen LogP contribution in [-0.4, -0.2) is 20.0 Å². The van der Waals surface area contributed by atoms with E-state index >= 15 is 0 Å². The summed E-state index contributed by atoms with van der Waals surface area (Å²) in [5, 5.41) is 24.0. The summed E-state index contributed by atoms with van der Waals surface area (Å²) in [5.41, 5.74) is 2.62. The molecular formula is C17H15FN6. The van der Waals surface area contributed by atoms with Crippen LogP contribution in [0.5, 0.6) is 0 Å². The van der Waals surface area contributed by atoms with Crippen molar-refractivity contribution >= 4 is 11.5 Å². The van der Waals surface area contributed by atoms with Crippen LogP contribution in [0, 0.1) is 17.1 Å². The second-order valence-electron chi connectivity index (χ2n) is 5.19. The van der Waals surface area contributed by atoms with Crippen LogP contribution in [0.3, 0.4) is 0 Å². The molecule has 1 N–H and O–H groups in total. The molecule has 0 saturated carbocycles. The Morgan fingerprint density at radius 3 is 2.79 bits per heavy atom. The van der Waals surface area contributed by atoms with Gasteiger partial charge < -0.3 is 5.32 Å². The van der Waals surface area contributed by atoms with E-state index in [0.29, 0.717) is 11.5 Å². The zero-order chi connectivity index (χ0) is 16.9. The van der Waals surface area contributed by atoms with Crippen molar-refractivity contribution in [2.75, 3.05) is 5.32 Å². The van der Waals surface area contributed by atoms with Gasteiger partial charge in [0, 0.05) is 0 Å². The van der Waals surface area contributed by atoms with Crippen LogP contribution in [0.25, 0.3) is 5.69 Å². The van der Waals surface area contributed by atoms with E-state index in [1.54, 1.807) is 35.1 Å². The number of aromatic nitrogens is 4. The van der Waals surface area contributed by atoms with Crippen LogP contribution in [0.4, 0.5) is 15.9 Å². The molecule has 0 amide bonds. The van der Waals surface area contributed by atoms with Gasteiger partial charge >= 0.3 is 0 Å². The van der Waals surface area contributed by atoms with Gasteiger partial charge in [-0.1, -0.05) is 19.4 Å². The van der Waals surface area contributed by atoms with Crippen LogP contribution < -0.4 is 5.32 Å². The number of halogens is 1. The molecule has 0 fully saturated rings. The lowest BCUT2D eigenvalue weighted by molar-refractivity contribution is 0.624. The van der Waals surface area contributed by atoms with Crippen molar-refractivity contribution in [1.29, 1.82) is 5.26 Å². The summed E-state index contributed by atoms with van der Waals surface area (Å²) < 4.78 is 15.2. The van der Waals surface area contributed by atoms with Gasteiger partial charge in [0.2, 0.25) is 0 Å². The Morgan fingerprint density at radius 1 is 1.25 bits per heavy atom. The number of nitrogens with zero attached hydrogens (tertiary/aromatic N) is 5.